The molecule has 1 aliphatic carbocycles. The van der Waals surface area contributed by atoms with E-state index in [1.165, 1.54) is 19.3 Å². The first-order valence-electron chi connectivity index (χ1n) is 10.7. The van der Waals surface area contributed by atoms with E-state index in [1.807, 2.05) is 23.1 Å². The molecule has 3 aliphatic rings. The van der Waals surface area contributed by atoms with Crippen molar-refractivity contribution in [1.82, 2.24) is 4.90 Å². The van der Waals surface area contributed by atoms with Gasteiger partial charge in [0.1, 0.15) is 0 Å². The highest BCUT2D eigenvalue weighted by molar-refractivity contribution is 6.02. The van der Waals surface area contributed by atoms with Crippen molar-refractivity contribution in [3.05, 3.63) is 23.8 Å². The Hall–Kier alpha value is -2.04. The smallest absolute Gasteiger partial charge is 0.255 e. The molecule has 2 heterocycles. The molecule has 27 heavy (non-hydrogen) atoms. The Bertz CT molecular complexity index is 685. The fraction of sp³-hybridized carbons (Fsp3) is 0.636. The van der Waals surface area contributed by atoms with Crippen molar-refractivity contribution in [2.75, 3.05) is 36.4 Å². The summed E-state index contributed by atoms with van der Waals surface area (Å²) in [7, 11) is 0. The molecule has 0 aromatic heterocycles. The minimum Gasteiger partial charge on any atom is -0.371 e. The molecule has 0 radical (unpaired) electrons. The van der Waals surface area contributed by atoms with Crippen LogP contribution in [-0.4, -0.2) is 42.9 Å². The molecule has 0 spiro atoms. The van der Waals surface area contributed by atoms with Crippen molar-refractivity contribution >= 4 is 23.2 Å². The molecule has 1 N–H and O–H groups in total. The van der Waals surface area contributed by atoms with Crippen LogP contribution in [0.1, 0.15) is 68.1 Å². The van der Waals surface area contributed by atoms with E-state index in [-0.39, 0.29) is 17.7 Å². The Morgan fingerprint density at radius 2 is 1.48 bits per heavy atom. The summed E-state index contributed by atoms with van der Waals surface area (Å²) in [5.74, 6) is 0.447. The Kier molecular flexibility index (Phi) is 5.65. The van der Waals surface area contributed by atoms with Crippen molar-refractivity contribution in [3.8, 4) is 0 Å². The maximum atomic E-state index is 13.2. The number of likely N-dealkylation sites (tertiary alicyclic amines) is 1. The third-order valence-corrected chi connectivity index (χ3v) is 6.03. The number of nitrogens with zero attached hydrogens (tertiary/aromatic N) is 2. The van der Waals surface area contributed by atoms with Crippen molar-refractivity contribution in [2.24, 2.45) is 5.92 Å². The monoisotopic (exact) mass is 369 g/mol. The van der Waals surface area contributed by atoms with Crippen molar-refractivity contribution in [3.63, 3.8) is 0 Å². The summed E-state index contributed by atoms with van der Waals surface area (Å²) in [5.41, 5.74) is 2.62. The standard InChI is InChI=1S/C22H31N3O2/c26-21(17-8-9-17)23-18-10-11-19(22(27)25-14-6-3-7-15-25)20(16-18)24-12-4-1-2-5-13-24/h10-11,16-17H,1-9,12-15H2,(H,23,26). The number of hydrogen-bond acceptors (Lipinski definition) is 3. The van der Waals surface area contributed by atoms with Crippen LogP contribution in [0.2, 0.25) is 0 Å². The van der Waals surface area contributed by atoms with Crippen LogP contribution in [0.3, 0.4) is 0 Å². The highest BCUT2D eigenvalue weighted by Crippen LogP contribution is 2.32. The fourth-order valence-electron chi connectivity index (χ4n) is 4.22. The number of piperidine rings is 1. The summed E-state index contributed by atoms with van der Waals surface area (Å²) in [6, 6.07) is 5.86. The van der Waals surface area contributed by atoms with Crippen molar-refractivity contribution in [1.29, 1.82) is 0 Å². The van der Waals surface area contributed by atoms with Gasteiger partial charge in [-0.05, 0) is 63.1 Å². The fourth-order valence-corrected chi connectivity index (χ4v) is 4.22. The highest BCUT2D eigenvalue weighted by Gasteiger charge is 2.30. The molecule has 1 saturated carbocycles. The predicted molar refractivity (Wildman–Crippen MR) is 108 cm³/mol. The quantitative estimate of drug-likeness (QED) is 0.871. The molecule has 3 fully saturated rings. The van der Waals surface area contributed by atoms with Gasteiger partial charge in [-0.1, -0.05) is 12.8 Å². The van der Waals surface area contributed by atoms with Gasteiger partial charge in [-0.3, -0.25) is 9.59 Å². The number of carbonyl (C=O) groups excluding carboxylic acids is 2. The average Bonchev–Trinajstić information content (AvgIpc) is 3.55. The van der Waals surface area contributed by atoms with Crippen LogP contribution in [-0.2, 0) is 4.79 Å². The summed E-state index contributed by atoms with van der Waals surface area (Å²) in [4.78, 5) is 29.8. The molecule has 5 nitrogen and oxygen atoms in total. The molecule has 5 heteroatoms. The zero-order valence-electron chi connectivity index (χ0n) is 16.2. The van der Waals surface area contributed by atoms with Gasteiger partial charge in [0.2, 0.25) is 5.91 Å². The Balaban J connectivity index is 1.61. The van der Waals surface area contributed by atoms with E-state index in [9.17, 15) is 9.59 Å². The van der Waals surface area contributed by atoms with Crippen LogP contribution in [0.15, 0.2) is 18.2 Å². The van der Waals surface area contributed by atoms with Crippen molar-refractivity contribution < 1.29 is 9.59 Å². The maximum Gasteiger partial charge on any atom is 0.255 e. The molecule has 2 saturated heterocycles. The average molecular weight is 370 g/mol. The number of rotatable bonds is 4. The second-order valence-corrected chi connectivity index (χ2v) is 8.25. The topological polar surface area (TPSA) is 52.7 Å². The molecule has 0 atom stereocenters. The van der Waals surface area contributed by atoms with E-state index in [0.717, 1.165) is 81.6 Å². The third kappa shape index (κ3) is 4.45. The SMILES string of the molecule is O=C(Nc1ccc(C(=O)N2CCCCC2)c(N2CCCCCC2)c1)C1CC1. The number of benzene rings is 1. The van der Waals surface area contributed by atoms with Gasteiger partial charge in [-0.2, -0.15) is 0 Å². The lowest BCUT2D eigenvalue weighted by atomic mass is 10.1. The van der Waals surface area contributed by atoms with Crippen LogP contribution in [0.5, 0.6) is 0 Å². The number of hydrogen-bond donors (Lipinski definition) is 1. The summed E-state index contributed by atoms with van der Waals surface area (Å²) in [6.07, 6.45) is 10.2. The Morgan fingerprint density at radius 3 is 2.15 bits per heavy atom. The number of carbonyl (C=O) groups is 2. The van der Waals surface area contributed by atoms with Gasteiger partial charge in [0.05, 0.1) is 11.3 Å². The second kappa shape index (κ2) is 8.32. The van der Waals surface area contributed by atoms with Crippen LogP contribution >= 0.6 is 0 Å². The number of anilines is 2. The van der Waals surface area contributed by atoms with E-state index in [0.29, 0.717) is 0 Å². The molecular formula is C22H31N3O2. The minimum absolute atomic E-state index is 0.118. The van der Waals surface area contributed by atoms with Crippen LogP contribution < -0.4 is 10.2 Å². The van der Waals surface area contributed by atoms with Gasteiger partial charge < -0.3 is 15.1 Å². The van der Waals surface area contributed by atoms with Crippen LogP contribution in [0.25, 0.3) is 0 Å². The maximum absolute atomic E-state index is 13.2. The molecule has 2 aliphatic heterocycles. The first-order valence-corrected chi connectivity index (χ1v) is 10.7. The first-order chi connectivity index (χ1) is 13.2. The molecule has 2 amide bonds. The normalized spacial score (nSPS) is 20.9. The van der Waals surface area contributed by atoms with E-state index >= 15 is 0 Å². The van der Waals surface area contributed by atoms with Gasteiger partial charge in [0, 0.05) is 37.8 Å². The first kappa shape index (κ1) is 18.3. The van der Waals surface area contributed by atoms with Crippen LogP contribution in [0.4, 0.5) is 11.4 Å². The van der Waals surface area contributed by atoms with Gasteiger partial charge in [0.25, 0.3) is 5.91 Å². The Labute approximate surface area is 162 Å². The highest BCUT2D eigenvalue weighted by atomic mass is 16.2. The van der Waals surface area contributed by atoms with Gasteiger partial charge in [-0.25, -0.2) is 0 Å². The zero-order valence-corrected chi connectivity index (χ0v) is 16.2. The van der Waals surface area contributed by atoms with E-state index in [2.05, 4.69) is 10.2 Å². The van der Waals surface area contributed by atoms with Gasteiger partial charge in [-0.15, -0.1) is 0 Å². The van der Waals surface area contributed by atoms with E-state index in [1.54, 1.807) is 0 Å². The summed E-state index contributed by atoms with van der Waals surface area (Å²) in [6.45, 7) is 3.69. The molecule has 0 bridgehead atoms. The lowest BCUT2D eigenvalue weighted by Gasteiger charge is -2.30. The number of amides is 2. The molecule has 4 rings (SSSR count). The lowest BCUT2D eigenvalue weighted by molar-refractivity contribution is -0.117. The molecule has 146 valence electrons. The number of nitrogens with one attached hydrogen (secondary N) is 1. The van der Waals surface area contributed by atoms with Crippen LogP contribution in [0, 0.1) is 5.92 Å². The van der Waals surface area contributed by atoms with Gasteiger partial charge in [0.15, 0.2) is 0 Å². The molecule has 0 unspecified atom stereocenters. The molecular weight excluding hydrogens is 338 g/mol. The Morgan fingerprint density at radius 1 is 0.852 bits per heavy atom. The minimum atomic E-state index is 0.118. The second-order valence-electron chi connectivity index (χ2n) is 8.25. The predicted octanol–water partition coefficient (Wildman–Crippen LogP) is 4.04. The van der Waals surface area contributed by atoms with E-state index < -0.39 is 0 Å². The largest absolute Gasteiger partial charge is 0.371 e. The lowest BCUT2D eigenvalue weighted by Crippen LogP contribution is -2.37. The zero-order chi connectivity index (χ0) is 18.6. The van der Waals surface area contributed by atoms with Gasteiger partial charge >= 0.3 is 0 Å². The molecule has 1 aromatic rings. The molecule has 1 aromatic carbocycles. The van der Waals surface area contributed by atoms with E-state index in [4.69, 9.17) is 0 Å². The summed E-state index contributed by atoms with van der Waals surface area (Å²) >= 11 is 0. The van der Waals surface area contributed by atoms with Crippen molar-refractivity contribution in [2.45, 2.75) is 57.8 Å². The summed E-state index contributed by atoms with van der Waals surface area (Å²) in [5, 5.41) is 3.05. The summed E-state index contributed by atoms with van der Waals surface area (Å²) < 4.78 is 0. The third-order valence-electron chi connectivity index (χ3n) is 6.03.